The van der Waals surface area contributed by atoms with Gasteiger partial charge in [0.05, 0.1) is 38.9 Å². The molecule has 0 bridgehead atoms. The molecule has 9 heteroatoms. The maximum absolute atomic E-state index is 13.4. The number of hydrogen-bond acceptors (Lipinski definition) is 7. The van der Waals surface area contributed by atoms with Crippen LogP contribution in [-0.4, -0.2) is 40.6 Å². The third kappa shape index (κ3) is 5.60. The lowest BCUT2D eigenvalue weighted by Gasteiger charge is -2.23. The van der Waals surface area contributed by atoms with E-state index in [-0.39, 0.29) is 17.9 Å². The van der Waals surface area contributed by atoms with Gasteiger partial charge in [-0.25, -0.2) is 0 Å². The van der Waals surface area contributed by atoms with Crippen molar-refractivity contribution >= 4 is 29.3 Å². The average molecular weight is 570 g/mol. The smallest absolute Gasteiger partial charge is 0.251 e. The van der Waals surface area contributed by atoms with Crippen LogP contribution in [0.1, 0.15) is 45.1 Å². The van der Waals surface area contributed by atoms with Gasteiger partial charge in [0.2, 0.25) is 5.75 Å². The van der Waals surface area contributed by atoms with E-state index in [2.05, 4.69) is 5.32 Å². The molecule has 0 aromatic heterocycles. The Morgan fingerprint density at radius 1 is 1.00 bits per heavy atom. The van der Waals surface area contributed by atoms with Gasteiger partial charge in [-0.1, -0.05) is 18.2 Å². The van der Waals surface area contributed by atoms with E-state index in [4.69, 9.17) is 30.5 Å². The number of ether oxygens (including phenoxy) is 4. The first-order valence-corrected chi connectivity index (χ1v) is 14.2. The molecule has 0 radical (unpaired) electrons. The topological polar surface area (TPSA) is 83.1 Å². The monoisotopic (exact) mass is 569 g/mol. The molecular weight excluding hydrogens is 538 g/mol. The summed E-state index contributed by atoms with van der Waals surface area (Å²) in [5, 5.41) is 3.18. The van der Waals surface area contributed by atoms with Crippen molar-refractivity contribution in [2.75, 3.05) is 34.7 Å². The third-order valence-corrected chi connectivity index (χ3v) is 8.03. The minimum atomic E-state index is -0.445. The van der Waals surface area contributed by atoms with Gasteiger partial charge in [-0.05, 0) is 65.6 Å². The van der Waals surface area contributed by atoms with E-state index in [1.54, 1.807) is 46.6 Å². The lowest BCUT2D eigenvalue weighted by atomic mass is 9.91. The standard InChI is InChI=1S/C30H32ClNO6S/c1-35-16-22-20-10-12-23(32-30(34)18-8-6-17(15-31)7-9-18)21-14-24(33)25(39-5)13-11-19(21)26(20)28(37-3)29(38-4)27(22)36-2/h6-9,11,13-14,23H,10,12,15-16H2,1-5H3,(H,32,34). The normalized spacial score (nSPS) is 14.1. The van der Waals surface area contributed by atoms with E-state index in [0.29, 0.717) is 52.0 Å². The van der Waals surface area contributed by atoms with Crippen molar-refractivity contribution in [3.8, 4) is 28.4 Å². The fourth-order valence-corrected chi connectivity index (χ4v) is 5.77. The molecule has 0 aliphatic heterocycles. The predicted molar refractivity (Wildman–Crippen MR) is 155 cm³/mol. The molecule has 1 aliphatic rings. The number of benzene rings is 2. The van der Waals surface area contributed by atoms with Gasteiger partial charge < -0.3 is 24.3 Å². The van der Waals surface area contributed by atoms with Crippen molar-refractivity contribution in [2.24, 2.45) is 0 Å². The Morgan fingerprint density at radius 3 is 2.28 bits per heavy atom. The van der Waals surface area contributed by atoms with Gasteiger partial charge in [-0.15, -0.1) is 23.4 Å². The van der Waals surface area contributed by atoms with Crippen LogP contribution >= 0.6 is 23.4 Å². The summed E-state index contributed by atoms with van der Waals surface area (Å²) >= 11 is 7.30. The molecule has 3 aromatic rings. The molecule has 1 aliphatic carbocycles. The van der Waals surface area contributed by atoms with Crippen LogP contribution in [-0.2, 0) is 23.6 Å². The second-order valence-electron chi connectivity index (χ2n) is 9.04. The van der Waals surface area contributed by atoms with Crippen LogP contribution < -0.4 is 25.0 Å². The fourth-order valence-electron chi connectivity index (χ4n) is 5.13. The van der Waals surface area contributed by atoms with Crippen LogP contribution in [0.5, 0.6) is 17.2 Å². The maximum Gasteiger partial charge on any atom is 0.251 e. The van der Waals surface area contributed by atoms with Gasteiger partial charge in [0.15, 0.2) is 16.9 Å². The number of hydrogen-bond donors (Lipinski definition) is 1. The molecule has 206 valence electrons. The number of alkyl halides is 1. The molecular formula is C30H32ClNO6S. The number of rotatable bonds is 9. The fraction of sp³-hybridized carbons (Fsp3) is 0.333. The van der Waals surface area contributed by atoms with Gasteiger partial charge >= 0.3 is 0 Å². The van der Waals surface area contributed by atoms with E-state index >= 15 is 0 Å². The van der Waals surface area contributed by atoms with Crippen molar-refractivity contribution in [3.63, 3.8) is 0 Å². The van der Waals surface area contributed by atoms with E-state index in [0.717, 1.165) is 27.8 Å². The molecule has 7 nitrogen and oxygen atoms in total. The first-order chi connectivity index (χ1) is 18.9. The molecule has 0 heterocycles. The lowest BCUT2D eigenvalue weighted by molar-refractivity contribution is 0.0935. The maximum atomic E-state index is 13.4. The Kier molecular flexibility index (Phi) is 9.43. The largest absolute Gasteiger partial charge is 0.492 e. The Morgan fingerprint density at radius 2 is 1.69 bits per heavy atom. The molecule has 1 unspecified atom stereocenters. The highest BCUT2D eigenvalue weighted by Gasteiger charge is 2.33. The summed E-state index contributed by atoms with van der Waals surface area (Å²) in [6, 6.07) is 12.1. The quantitative estimate of drug-likeness (QED) is 0.259. The SMILES string of the molecule is COCc1c2c(c(OC)c(OC)c1OC)-c1ccc(SC)c(=O)cc1C(NC(=O)c1ccc(CCl)cc1)CC2. The number of methoxy groups -OCH3 is 4. The van der Waals surface area contributed by atoms with Crippen molar-refractivity contribution < 1.29 is 23.7 Å². The summed E-state index contributed by atoms with van der Waals surface area (Å²) in [7, 11) is 6.35. The number of amides is 1. The van der Waals surface area contributed by atoms with Gasteiger partial charge in [0, 0.05) is 29.7 Å². The molecule has 1 atom stereocenters. The van der Waals surface area contributed by atoms with Gasteiger partial charge in [0.1, 0.15) is 0 Å². The van der Waals surface area contributed by atoms with Crippen LogP contribution in [0, 0.1) is 0 Å². The number of halogens is 1. The summed E-state index contributed by atoms with van der Waals surface area (Å²) in [5.74, 6) is 1.61. The molecule has 1 amide bonds. The van der Waals surface area contributed by atoms with Gasteiger partial charge in [-0.2, -0.15) is 0 Å². The van der Waals surface area contributed by atoms with Crippen LogP contribution in [0.2, 0.25) is 0 Å². The average Bonchev–Trinajstić information content (AvgIpc) is 3.21. The molecule has 0 saturated carbocycles. The highest BCUT2D eigenvalue weighted by molar-refractivity contribution is 7.98. The third-order valence-electron chi connectivity index (χ3n) is 6.95. The Balaban J connectivity index is 1.97. The molecule has 39 heavy (non-hydrogen) atoms. The van der Waals surface area contributed by atoms with Crippen molar-refractivity contribution in [1.82, 2.24) is 5.32 Å². The first kappa shape index (κ1) is 28.8. The minimum Gasteiger partial charge on any atom is -0.492 e. The molecule has 0 saturated heterocycles. The summed E-state index contributed by atoms with van der Waals surface area (Å²) in [4.78, 5) is 27.2. The first-order valence-electron chi connectivity index (χ1n) is 12.4. The summed E-state index contributed by atoms with van der Waals surface area (Å²) in [6.45, 7) is 0.285. The second-order valence-corrected chi connectivity index (χ2v) is 10.2. The van der Waals surface area contributed by atoms with Crippen LogP contribution in [0.25, 0.3) is 11.1 Å². The van der Waals surface area contributed by atoms with Crippen LogP contribution in [0.3, 0.4) is 0 Å². The molecule has 4 rings (SSSR count). The molecule has 3 aromatic carbocycles. The summed E-state index contributed by atoms with van der Waals surface area (Å²) in [5.41, 5.74) is 5.40. The van der Waals surface area contributed by atoms with Crippen LogP contribution in [0.4, 0.5) is 0 Å². The Bertz CT molecular complexity index is 1430. The zero-order valence-corrected chi connectivity index (χ0v) is 24.3. The number of carbonyl (C=O) groups excluding carboxylic acids is 1. The summed E-state index contributed by atoms with van der Waals surface area (Å²) in [6.07, 6.45) is 2.98. The second kappa shape index (κ2) is 12.8. The Labute approximate surface area is 237 Å². The zero-order chi connectivity index (χ0) is 28.1. The zero-order valence-electron chi connectivity index (χ0n) is 22.7. The number of fused-ring (bicyclic) bond motifs is 3. The van der Waals surface area contributed by atoms with E-state index in [1.807, 2.05) is 30.5 Å². The lowest BCUT2D eigenvalue weighted by Crippen LogP contribution is -2.29. The van der Waals surface area contributed by atoms with Crippen molar-refractivity contribution in [2.45, 2.75) is 36.3 Å². The number of thioether (sulfide) groups is 1. The van der Waals surface area contributed by atoms with E-state index < -0.39 is 6.04 Å². The predicted octanol–water partition coefficient (Wildman–Crippen LogP) is 5.76. The van der Waals surface area contributed by atoms with Crippen molar-refractivity contribution in [3.05, 3.63) is 80.5 Å². The van der Waals surface area contributed by atoms with Gasteiger partial charge in [-0.3, -0.25) is 9.59 Å². The number of carbonyl (C=O) groups is 1. The van der Waals surface area contributed by atoms with E-state index in [9.17, 15) is 9.59 Å². The van der Waals surface area contributed by atoms with Gasteiger partial charge in [0.25, 0.3) is 5.91 Å². The van der Waals surface area contributed by atoms with E-state index in [1.165, 1.54) is 11.8 Å². The minimum absolute atomic E-state index is 0.116. The van der Waals surface area contributed by atoms with Crippen LogP contribution in [0.15, 0.2) is 52.2 Å². The molecule has 0 fully saturated rings. The molecule has 1 N–H and O–H groups in total. The summed E-state index contributed by atoms with van der Waals surface area (Å²) < 4.78 is 23.1. The highest BCUT2D eigenvalue weighted by Crippen LogP contribution is 2.52. The Hall–Kier alpha value is -3.20. The van der Waals surface area contributed by atoms with Crippen molar-refractivity contribution in [1.29, 1.82) is 0 Å². The number of nitrogens with one attached hydrogen (secondary N) is 1. The molecule has 0 spiro atoms. The highest BCUT2D eigenvalue weighted by atomic mass is 35.5.